The van der Waals surface area contributed by atoms with Gasteiger partial charge in [-0.2, -0.15) is 0 Å². The summed E-state index contributed by atoms with van der Waals surface area (Å²) in [7, 11) is 0. The number of aliphatic hydroxyl groups is 1. The van der Waals surface area contributed by atoms with Gasteiger partial charge in [0.1, 0.15) is 24.7 Å². The van der Waals surface area contributed by atoms with Crippen molar-refractivity contribution in [1.29, 1.82) is 0 Å². The molecule has 13 heteroatoms. The number of amides is 4. The van der Waals surface area contributed by atoms with E-state index in [1.165, 1.54) is 6.92 Å². The van der Waals surface area contributed by atoms with Crippen molar-refractivity contribution in [3.63, 3.8) is 0 Å². The summed E-state index contributed by atoms with van der Waals surface area (Å²) in [6.45, 7) is 4.52. The molecule has 0 aliphatic carbocycles. The van der Waals surface area contributed by atoms with Gasteiger partial charge in [0.05, 0.1) is 18.7 Å². The minimum atomic E-state index is -1.19. The number of primary amides is 1. The second kappa shape index (κ2) is 18.4. The smallest absolute Gasteiger partial charge is 0.328 e. The van der Waals surface area contributed by atoms with Crippen LogP contribution >= 0.6 is 0 Å². The summed E-state index contributed by atoms with van der Waals surface area (Å²) in [5.41, 5.74) is 12.5. The quantitative estimate of drug-likeness (QED) is 0.105. The highest BCUT2D eigenvalue weighted by Crippen LogP contribution is 2.08. The van der Waals surface area contributed by atoms with Crippen LogP contribution in [-0.4, -0.2) is 78.1 Å². The number of hydrogen-bond acceptors (Lipinski definition) is 9. The predicted octanol–water partition coefficient (Wildman–Crippen LogP) is -0.744. The largest absolute Gasteiger partial charge is 0.459 e. The first-order valence-electron chi connectivity index (χ1n) is 14.4. The molecule has 5 atom stereocenters. The summed E-state index contributed by atoms with van der Waals surface area (Å²) in [6, 6.07) is 13.3. The minimum Gasteiger partial charge on any atom is -0.459 e. The van der Waals surface area contributed by atoms with Gasteiger partial charge in [-0.05, 0) is 24.0 Å². The molecule has 9 N–H and O–H groups in total. The molecule has 0 saturated carbocycles. The SMILES string of the molecule is CC(C)[C@H](NC[C@H](CC(N)=O)NC(=O)[C@@H](N)CO)C(=O)N[C@@H](Cc1ccccc1)C(=O)N[C@@H](C)C(=O)OCc1ccccc1. The number of rotatable bonds is 18. The third-order valence-electron chi connectivity index (χ3n) is 6.71. The monoisotopic (exact) mass is 612 g/mol. The van der Waals surface area contributed by atoms with Crippen molar-refractivity contribution in [3.8, 4) is 0 Å². The van der Waals surface area contributed by atoms with Crippen LogP contribution < -0.4 is 32.7 Å². The Balaban J connectivity index is 2.12. The van der Waals surface area contributed by atoms with Crippen LogP contribution in [0.3, 0.4) is 0 Å². The molecule has 2 rings (SSSR count). The standard InChI is InChI=1S/C31H44N6O7/c1-19(2)27(34-16-23(15-26(33)39)36-28(40)24(32)17-38)30(42)37-25(14-21-10-6-4-7-11-21)29(41)35-20(3)31(43)44-18-22-12-8-5-9-13-22/h4-13,19-20,23-25,27,34,38H,14-18,32H2,1-3H3,(H2,33,39)(H,35,41)(H,36,40)(H,37,42)/t20-,23-,24-,25-,27-/m0/s1. The van der Waals surface area contributed by atoms with Gasteiger partial charge in [0.2, 0.25) is 23.6 Å². The molecule has 0 radical (unpaired) electrons. The van der Waals surface area contributed by atoms with Crippen LogP contribution in [0.2, 0.25) is 0 Å². The van der Waals surface area contributed by atoms with E-state index in [1.807, 2.05) is 60.7 Å². The maximum Gasteiger partial charge on any atom is 0.328 e. The molecule has 0 aromatic heterocycles. The molecule has 13 nitrogen and oxygen atoms in total. The Morgan fingerprint density at radius 1 is 0.818 bits per heavy atom. The lowest BCUT2D eigenvalue weighted by Crippen LogP contribution is -2.58. The van der Waals surface area contributed by atoms with E-state index >= 15 is 0 Å². The molecule has 44 heavy (non-hydrogen) atoms. The van der Waals surface area contributed by atoms with Crippen LogP contribution in [0.25, 0.3) is 0 Å². The van der Waals surface area contributed by atoms with Gasteiger partial charge < -0.3 is 42.6 Å². The Hall–Kier alpha value is -4.33. The van der Waals surface area contributed by atoms with E-state index in [9.17, 15) is 24.0 Å². The fraction of sp³-hybridized carbons (Fsp3) is 0.452. The van der Waals surface area contributed by atoms with Crippen LogP contribution in [0.15, 0.2) is 60.7 Å². The summed E-state index contributed by atoms with van der Waals surface area (Å²) in [5.74, 6) is -3.35. The summed E-state index contributed by atoms with van der Waals surface area (Å²) < 4.78 is 5.34. The van der Waals surface area contributed by atoms with E-state index in [0.717, 1.165) is 11.1 Å². The molecule has 0 bridgehead atoms. The first-order valence-corrected chi connectivity index (χ1v) is 14.4. The number of nitrogens with one attached hydrogen (secondary N) is 4. The van der Waals surface area contributed by atoms with Crippen LogP contribution in [-0.2, 0) is 41.7 Å². The Bertz CT molecular complexity index is 1230. The number of carbonyl (C=O) groups excluding carboxylic acids is 5. The molecule has 0 aliphatic rings. The van der Waals surface area contributed by atoms with E-state index < -0.39 is 66.4 Å². The van der Waals surface area contributed by atoms with Gasteiger partial charge >= 0.3 is 5.97 Å². The molecule has 0 spiro atoms. The van der Waals surface area contributed by atoms with E-state index in [-0.39, 0.29) is 31.9 Å². The summed E-state index contributed by atoms with van der Waals surface area (Å²) >= 11 is 0. The van der Waals surface area contributed by atoms with Gasteiger partial charge in [-0.1, -0.05) is 74.5 Å². The molecular weight excluding hydrogens is 568 g/mol. The van der Waals surface area contributed by atoms with E-state index in [1.54, 1.807) is 13.8 Å². The molecule has 240 valence electrons. The molecule has 2 aromatic carbocycles. The fourth-order valence-electron chi connectivity index (χ4n) is 4.26. The second-order valence-electron chi connectivity index (χ2n) is 10.9. The highest BCUT2D eigenvalue weighted by molar-refractivity contribution is 5.92. The van der Waals surface area contributed by atoms with Crippen molar-refractivity contribution in [3.05, 3.63) is 71.8 Å². The normalized spacial score (nSPS) is 14.4. The minimum absolute atomic E-state index is 0.0249. The van der Waals surface area contributed by atoms with E-state index in [4.69, 9.17) is 21.3 Å². The van der Waals surface area contributed by atoms with Gasteiger partial charge in [-0.25, -0.2) is 4.79 Å². The van der Waals surface area contributed by atoms with Gasteiger partial charge in [0.25, 0.3) is 0 Å². The van der Waals surface area contributed by atoms with Gasteiger partial charge in [-0.15, -0.1) is 0 Å². The van der Waals surface area contributed by atoms with E-state index in [2.05, 4.69) is 21.3 Å². The lowest BCUT2D eigenvalue weighted by molar-refractivity contribution is -0.148. The van der Waals surface area contributed by atoms with Crippen molar-refractivity contribution in [2.24, 2.45) is 17.4 Å². The highest BCUT2D eigenvalue weighted by Gasteiger charge is 2.30. The first kappa shape index (κ1) is 35.9. The van der Waals surface area contributed by atoms with Crippen molar-refractivity contribution in [1.82, 2.24) is 21.3 Å². The zero-order chi connectivity index (χ0) is 32.6. The van der Waals surface area contributed by atoms with E-state index in [0.29, 0.717) is 0 Å². The summed E-state index contributed by atoms with van der Waals surface area (Å²) in [4.78, 5) is 63.3. The van der Waals surface area contributed by atoms with Crippen molar-refractivity contribution in [2.75, 3.05) is 13.2 Å². The average molecular weight is 613 g/mol. The number of ether oxygens (including phenoxy) is 1. The van der Waals surface area contributed by atoms with Crippen molar-refractivity contribution < 1.29 is 33.8 Å². The number of esters is 1. The molecule has 4 amide bonds. The fourth-order valence-corrected chi connectivity index (χ4v) is 4.26. The lowest BCUT2D eigenvalue weighted by Gasteiger charge is -2.28. The third-order valence-corrected chi connectivity index (χ3v) is 6.71. The summed E-state index contributed by atoms with van der Waals surface area (Å²) in [6.07, 6.45) is -0.0883. The second-order valence-corrected chi connectivity index (χ2v) is 10.9. The number of aliphatic hydroxyl groups excluding tert-OH is 1. The molecule has 0 fully saturated rings. The third kappa shape index (κ3) is 12.5. The van der Waals surface area contributed by atoms with Gasteiger partial charge in [-0.3, -0.25) is 19.2 Å². The van der Waals surface area contributed by atoms with Crippen LogP contribution in [0.1, 0.15) is 38.3 Å². The van der Waals surface area contributed by atoms with Gasteiger partial charge in [0, 0.05) is 19.4 Å². The zero-order valence-electron chi connectivity index (χ0n) is 25.3. The zero-order valence-corrected chi connectivity index (χ0v) is 25.3. The van der Waals surface area contributed by atoms with Crippen LogP contribution in [0.4, 0.5) is 0 Å². The van der Waals surface area contributed by atoms with Gasteiger partial charge in [0.15, 0.2) is 0 Å². The number of carbonyl (C=O) groups is 5. The topological polar surface area (TPSA) is 215 Å². The Labute approximate surface area is 257 Å². The first-order chi connectivity index (χ1) is 20.9. The van der Waals surface area contributed by atoms with Crippen molar-refractivity contribution >= 4 is 29.6 Å². The maximum atomic E-state index is 13.5. The number of nitrogens with two attached hydrogens (primary N) is 2. The molecular formula is C31H44N6O7. The maximum absolute atomic E-state index is 13.5. The lowest BCUT2D eigenvalue weighted by atomic mass is 10.00. The Kier molecular flexibility index (Phi) is 15.0. The van der Waals surface area contributed by atoms with Crippen LogP contribution in [0.5, 0.6) is 0 Å². The van der Waals surface area contributed by atoms with Crippen LogP contribution in [0, 0.1) is 5.92 Å². The molecule has 0 heterocycles. The molecule has 2 aromatic rings. The Morgan fingerprint density at radius 3 is 1.95 bits per heavy atom. The highest BCUT2D eigenvalue weighted by atomic mass is 16.5. The Morgan fingerprint density at radius 2 is 1.41 bits per heavy atom. The average Bonchev–Trinajstić information content (AvgIpc) is 2.99. The molecule has 0 saturated heterocycles. The number of benzene rings is 2. The summed E-state index contributed by atoms with van der Waals surface area (Å²) in [5, 5.41) is 20.2. The molecule has 0 aliphatic heterocycles. The predicted molar refractivity (Wildman–Crippen MR) is 163 cm³/mol. The van der Waals surface area contributed by atoms with Crippen molar-refractivity contribution in [2.45, 2.75) is 70.4 Å². The molecule has 0 unspecified atom stereocenters. The number of hydrogen-bond donors (Lipinski definition) is 7.